The van der Waals surface area contributed by atoms with Crippen LogP contribution in [-0.2, 0) is 4.74 Å². The third-order valence-electron chi connectivity index (χ3n) is 2.51. The molecule has 84 valence electrons. The number of rotatable bonds is 3. The fraction of sp³-hybridized carbons (Fsp3) is 0.364. The van der Waals surface area contributed by atoms with Gasteiger partial charge in [-0.3, -0.25) is 10.1 Å². The van der Waals surface area contributed by atoms with Gasteiger partial charge in [0, 0.05) is 17.7 Å². The van der Waals surface area contributed by atoms with Gasteiger partial charge in [-0.05, 0) is 18.6 Å². The molecule has 1 aliphatic rings. The first-order chi connectivity index (χ1) is 7.70. The van der Waals surface area contributed by atoms with Crippen LogP contribution in [0.2, 0.25) is 0 Å². The molecule has 2 rings (SSSR count). The zero-order valence-electron chi connectivity index (χ0n) is 8.92. The van der Waals surface area contributed by atoms with Crippen molar-refractivity contribution in [2.45, 2.75) is 19.4 Å². The summed E-state index contributed by atoms with van der Waals surface area (Å²) in [5, 5.41) is 10.5. The molecule has 5 nitrogen and oxygen atoms in total. The van der Waals surface area contributed by atoms with Crippen LogP contribution in [0.4, 0.5) is 5.69 Å². The summed E-state index contributed by atoms with van der Waals surface area (Å²) < 4.78 is 5.42. The van der Waals surface area contributed by atoms with Crippen molar-refractivity contribution in [3.63, 3.8) is 0 Å². The van der Waals surface area contributed by atoms with E-state index in [0.29, 0.717) is 12.5 Å². The largest absolute Gasteiger partial charge is 0.475 e. The molecule has 0 aromatic heterocycles. The van der Waals surface area contributed by atoms with Gasteiger partial charge in [-0.15, -0.1) is 0 Å². The minimum Gasteiger partial charge on any atom is -0.475 e. The average molecular weight is 220 g/mol. The second-order valence-corrected chi connectivity index (χ2v) is 3.61. The van der Waals surface area contributed by atoms with Crippen LogP contribution in [0.3, 0.4) is 0 Å². The zero-order chi connectivity index (χ0) is 11.5. The molecule has 1 aromatic rings. The second-order valence-electron chi connectivity index (χ2n) is 3.61. The highest BCUT2D eigenvalue weighted by Crippen LogP contribution is 2.17. The van der Waals surface area contributed by atoms with Crippen molar-refractivity contribution in [3.8, 4) is 0 Å². The van der Waals surface area contributed by atoms with Gasteiger partial charge >= 0.3 is 0 Å². The van der Waals surface area contributed by atoms with E-state index in [1.807, 2.05) is 0 Å². The number of non-ortho nitro benzene ring substituents is 1. The maximum absolute atomic E-state index is 10.5. The van der Waals surface area contributed by atoms with E-state index in [-0.39, 0.29) is 11.7 Å². The first kappa shape index (κ1) is 10.6. The summed E-state index contributed by atoms with van der Waals surface area (Å²) in [7, 11) is 0. The normalized spacial score (nSPS) is 19.1. The Morgan fingerprint density at radius 1 is 1.50 bits per heavy atom. The minimum absolute atomic E-state index is 0.0781. The highest BCUT2D eigenvalue weighted by molar-refractivity contribution is 5.95. The van der Waals surface area contributed by atoms with Crippen LogP contribution < -0.4 is 0 Å². The third kappa shape index (κ3) is 2.03. The molecule has 0 radical (unpaired) electrons. The van der Waals surface area contributed by atoms with Gasteiger partial charge in [0.15, 0.2) is 0 Å². The molecule has 0 fully saturated rings. The molecule has 1 aliphatic heterocycles. The summed E-state index contributed by atoms with van der Waals surface area (Å²) in [6.07, 6.45) is 0.941. The van der Waals surface area contributed by atoms with Crippen molar-refractivity contribution in [2.24, 2.45) is 4.99 Å². The van der Waals surface area contributed by atoms with Crippen LogP contribution in [0.5, 0.6) is 0 Å². The SMILES string of the molecule is CCC1COC(c2ccc([N+](=O)[O-])cc2)=N1. The molecule has 0 bridgehead atoms. The highest BCUT2D eigenvalue weighted by atomic mass is 16.6. The zero-order valence-corrected chi connectivity index (χ0v) is 8.92. The van der Waals surface area contributed by atoms with Crippen LogP contribution in [0.1, 0.15) is 18.9 Å². The predicted molar refractivity (Wildman–Crippen MR) is 59.7 cm³/mol. The van der Waals surface area contributed by atoms with Gasteiger partial charge in [0.25, 0.3) is 5.69 Å². The van der Waals surface area contributed by atoms with Crippen LogP contribution in [0.25, 0.3) is 0 Å². The lowest BCUT2D eigenvalue weighted by Crippen LogP contribution is -2.03. The average Bonchev–Trinajstić information content (AvgIpc) is 2.77. The molecule has 1 aromatic carbocycles. The number of nitro groups is 1. The fourth-order valence-corrected chi connectivity index (χ4v) is 1.51. The Bertz CT molecular complexity index is 425. The summed E-state index contributed by atoms with van der Waals surface area (Å²) in [6, 6.07) is 6.45. The van der Waals surface area contributed by atoms with Gasteiger partial charge < -0.3 is 4.74 Å². The smallest absolute Gasteiger partial charge is 0.269 e. The first-order valence-corrected chi connectivity index (χ1v) is 5.16. The van der Waals surface area contributed by atoms with Crippen molar-refractivity contribution in [1.29, 1.82) is 0 Å². The van der Waals surface area contributed by atoms with Crippen molar-refractivity contribution in [2.75, 3.05) is 6.61 Å². The summed E-state index contributed by atoms with van der Waals surface area (Å²) >= 11 is 0. The number of hydrogen-bond acceptors (Lipinski definition) is 4. The molecule has 16 heavy (non-hydrogen) atoms. The van der Waals surface area contributed by atoms with Crippen molar-refractivity contribution in [1.82, 2.24) is 0 Å². The molecule has 0 N–H and O–H groups in total. The lowest BCUT2D eigenvalue weighted by Gasteiger charge is -2.00. The van der Waals surface area contributed by atoms with Gasteiger partial charge in [-0.2, -0.15) is 0 Å². The van der Waals surface area contributed by atoms with Gasteiger partial charge in [-0.25, -0.2) is 4.99 Å². The van der Waals surface area contributed by atoms with Crippen LogP contribution in [0, 0.1) is 10.1 Å². The summed E-state index contributed by atoms with van der Waals surface area (Å²) in [5.41, 5.74) is 0.871. The number of ether oxygens (including phenoxy) is 1. The first-order valence-electron chi connectivity index (χ1n) is 5.16. The van der Waals surface area contributed by atoms with Crippen LogP contribution in [0.15, 0.2) is 29.3 Å². The molecule has 0 saturated carbocycles. The van der Waals surface area contributed by atoms with E-state index in [1.165, 1.54) is 12.1 Å². The van der Waals surface area contributed by atoms with Gasteiger partial charge in [-0.1, -0.05) is 6.92 Å². The third-order valence-corrected chi connectivity index (χ3v) is 2.51. The molecule has 0 amide bonds. The predicted octanol–water partition coefficient (Wildman–Crippen LogP) is 2.15. The number of nitrogens with zero attached hydrogens (tertiary/aromatic N) is 2. The van der Waals surface area contributed by atoms with Crippen LogP contribution in [-0.4, -0.2) is 23.5 Å². The Morgan fingerprint density at radius 2 is 2.19 bits per heavy atom. The van der Waals surface area contributed by atoms with E-state index in [1.54, 1.807) is 12.1 Å². The number of aliphatic imine (C=N–C) groups is 1. The minimum atomic E-state index is -0.421. The molecular weight excluding hydrogens is 208 g/mol. The van der Waals surface area contributed by atoms with E-state index in [0.717, 1.165) is 12.0 Å². The maximum Gasteiger partial charge on any atom is 0.269 e. The Morgan fingerprint density at radius 3 is 2.69 bits per heavy atom. The summed E-state index contributed by atoms with van der Waals surface area (Å²) in [4.78, 5) is 14.4. The maximum atomic E-state index is 10.5. The molecule has 0 spiro atoms. The molecule has 1 heterocycles. The van der Waals surface area contributed by atoms with E-state index in [9.17, 15) is 10.1 Å². The quantitative estimate of drug-likeness (QED) is 0.579. The summed E-state index contributed by atoms with van der Waals surface area (Å²) in [6.45, 7) is 2.65. The molecule has 0 saturated heterocycles. The van der Waals surface area contributed by atoms with Gasteiger partial charge in [0.2, 0.25) is 5.90 Å². The van der Waals surface area contributed by atoms with Crippen molar-refractivity contribution >= 4 is 11.6 Å². The van der Waals surface area contributed by atoms with E-state index < -0.39 is 4.92 Å². The lowest BCUT2D eigenvalue weighted by atomic mass is 10.2. The van der Waals surface area contributed by atoms with Crippen LogP contribution >= 0.6 is 0 Å². The molecule has 0 aliphatic carbocycles. The standard InChI is InChI=1S/C11H12N2O3/c1-2-9-7-16-11(12-9)8-3-5-10(6-4-8)13(14)15/h3-6,9H,2,7H2,1H3. The van der Waals surface area contributed by atoms with Crippen molar-refractivity contribution in [3.05, 3.63) is 39.9 Å². The number of benzene rings is 1. The van der Waals surface area contributed by atoms with Gasteiger partial charge in [0.1, 0.15) is 6.61 Å². The Labute approximate surface area is 92.9 Å². The van der Waals surface area contributed by atoms with Crippen molar-refractivity contribution < 1.29 is 9.66 Å². The molecular formula is C11H12N2O3. The highest BCUT2D eigenvalue weighted by Gasteiger charge is 2.18. The number of hydrogen-bond donors (Lipinski definition) is 0. The molecule has 1 atom stereocenters. The molecule has 1 unspecified atom stereocenters. The second kappa shape index (κ2) is 4.30. The topological polar surface area (TPSA) is 64.7 Å². The summed E-state index contributed by atoms with van der Waals surface area (Å²) in [5.74, 6) is 0.585. The number of nitro benzene ring substituents is 1. The van der Waals surface area contributed by atoms with E-state index in [4.69, 9.17) is 4.74 Å². The van der Waals surface area contributed by atoms with E-state index >= 15 is 0 Å². The molecule has 5 heteroatoms. The van der Waals surface area contributed by atoms with Gasteiger partial charge in [0.05, 0.1) is 11.0 Å². The Hall–Kier alpha value is -1.91. The monoisotopic (exact) mass is 220 g/mol. The lowest BCUT2D eigenvalue weighted by molar-refractivity contribution is -0.384. The van der Waals surface area contributed by atoms with E-state index in [2.05, 4.69) is 11.9 Å². The Kier molecular flexibility index (Phi) is 2.85. The fourth-order valence-electron chi connectivity index (χ4n) is 1.51. The Balaban J connectivity index is 2.19.